The van der Waals surface area contributed by atoms with Crippen molar-refractivity contribution in [3.05, 3.63) is 48.4 Å². The van der Waals surface area contributed by atoms with Crippen LogP contribution in [0, 0.1) is 5.92 Å². The zero-order valence-electron chi connectivity index (χ0n) is 11.9. The summed E-state index contributed by atoms with van der Waals surface area (Å²) in [5.41, 5.74) is 1.48. The Labute approximate surface area is 122 Å². The molecule has 0 aliphatic carbocycles. The van der Waals surface area contributed by atoms with Crippen LogP contribution in [0.1, 0.15) is 24.4 Å². The number of aliphatic carboxylic acids is 1. The average molecular weight is 287 g/mol. The number of amides is 1. The van der Waals surface area contributed by atoms with Crippen molar-refractivity contribution in [1.29, 1.82) is 0 Å². The van der Waals surface area contributed by atoms with E-state index < -0.39 is 17.9 Å². The molecule has 0 radical (unpaired) electrons. The topological polar surface area (TPSA) is 79.5 Å². The second kappa shape index (κ2) is 6.26. The van der Waals surface area contributed by atoms with Crippen molar-refractivity contribution < 1.29 is 19.1 Å². The van der Waals surface area contributed by atoms with Gasteiger partial charge in [0.2, 0.25) is 0 Å². The highest BCUT2D eigenvalue weighted by molar-refractivity contribution is 5.99. The molecule has 1 aromatic carbocycles. The van der Waals surface area contributed by atoms with Crippen LogP contribution >= 0.6 is 0 Å². The highest BCUT2D eigenvalue weighted by Crippen LogP contribution is 2.24. The molecule has 110 valence electrons. The van der Waals surface area contributed by atoms with E-state index in [4.69, 9.17) is 9.52 Å². The first kappa shape index (κ1) is 14.8. The molecule has 0 fully saturated rings. The standard InChI is InChI=1S/C16H17NO4/c1-10(2)13(16(19)20)17-15(18)14-12(8-9-21-14)11-6-4-3-5-7-11/h3-10,13H,1-2H3,(H,17,18)(H,19,20)/t13-/m1/s1. The van der Waals surface area contributed by atoms with Crippen LogP contribution in [0.4, 0.5) is 0 Å². The summed E-state index contributed by atoms with van der Waals surface area (Å²) in [4.78, 5) is 23.4. The summed E-state index contributed by atoms with van der Waals surface area (Å²) < 4.78 is 5.24. The number of nitrogens with one attached hydrogen (secondary N) is 1. The Kier molecular flexibility index (Phi) is 4.42. The lowest BCUT2D eigenvalue weighted by molar-refractivity contribution is -0.140. The first-order chi connectivity index (χ1) is 10.0. The highest BCUT2D eigenvalue weighted by atomic mass is 16.4. The maximum absolute atomic E-state index is 12.3. The molecule has 0 unspecified atom stereocenters. The zero-order valence-corrected chi connectivity index (χ0v) is 11.9. The van der Waals surface area contributed by atoms with Gasteiger partial charge in [-0.1, -0.05) is 44.2 Å². The fourth-order valence-corrected chi connectivity index (χ4v) is 2.05. The predicted molar refractivity (Wildman–Crippen MR) is 77.9 cm³/mol. The van der Waals surface area contributed by atoms with Crippen LogP contribution in [0.25, 0.3) is 11.1 Å². The van der Waals surface area contributed by atoms with Crippen LogP contribution in [0.15, 0.2) is 47.1 Å². The van der Waals surface area contributed by atoms with Crippen LogP contribution in [0.5, 0.6) is 0 Å². The zero-order chi connectivity index (χ0) is 15.4. The summed E-state index contributed by atoms with van der Waals surface area (Å²) in [7, 11) is 0. The molecular formula is C16H17NO4. The molecule has 0 saturated carbocycles. The third kappa shape index (κ3) is 3.31. The summed E-state index contributed by atoms with van der Waals surface area (Å²) in [6.45, 7) is 3.47. The number of rotatable bonds is 5. The van der Waals surface area contributed by atoms with E-state index in [9.17, 15) is 9.59 Å². The number of benzene rings is 1. The van der Waals surface area contributed by atoms with E-state index >= 15 is 0 Å². The second-order valence-corrected chi connectivity index (χ2v) is 5.06. The van der Waals surface area contributed by atoms with Gasteiger partial charge < -0.3 is 14.8 Å². The Morgan fingerprint density at radius 2 is 1.81 bits per heavy atom. The van der Waals surface area contributed by atoms with Gasteiger partial charge in [-0.05, 0) is 17.5 Å². The quantitative estimate of drug-likeness (QED) is 0.886. The molecule has 0 aliphatic heterocycles. The molecule has 5 nitrogen and oxygen atoms in total. The van der Waals surface area contributed by atoms with E-state index in [-0.39, 0.29) is 11.7 Å². The molecule has 1 amide bonds. The van der Waals surface area contributed by atoms with E-state index in [1.165, 1.54) is 6.26 Å². The molecular weight excluding hydrogens is 270 g/mol. The predicted octanol–water partition coefficient (Wildman–Crippen LogP) is 2.79. The molecule has 0 bridgehead atoms. The molecule has 2 aromatic rings. The Hall–Kier alpha value is -2.56. The fourth-order valence-electron chi connectivity index (χ4n) is 2.05. The third-order valence-electron chi connectivity index (χ3n) is 3.18. The van der Waals surface area contributed by atoms with Crippen LogP contribution in [-0.4, -0.2) is 23.0 Å². The van der Waals surface area contributed by atoms with E-state index in [2.05, 4.69) is 5.32 Å². The summed E-state index contributed by atoms with van der Waals surface area (Å²) in [6.07, 6.45) is 1.42. The Bertz CT molecular complexity index is 631. The summed E-state index contributed by atoms with van der Waals surface area (Å²) >= 11 is 0. The maximum atomic E-state index is 12.3. The normalized spacial score (nSPS) is 12.1. The van der Waals surface area contributed by atoms with Crippen molar-refractivity contribution in [1.82, 2.24) is 5.32 Å². The summed E-state index contributed by atoms with van der Waals surface area (Å²) in [6, 6.07) is 10.1. The number of hydrogen-bond donors (Lipinski definition) is 2. The van der Waals surface area contributed by atoms with E-state index in [0.717, 1.165) is 5.56 Å². The van der Waals surface area contributed by atoms with E-state index in [1.807, 2.05) is 30.3 Å². The van der Waals surface area contributed by atoms with Gasteiger partial charge in [-0.15, -0.1) is 0 Å². The minimum absolute atomic E-state index is 0.119. The lowest BCUT2D eigenvalue weighted by Gasteiger charge is -2.17. The van der Waals surface area contributed by atoms with Crippen molar-refractivity contribution in [2.24, 2.45) is 5.92 Å². The second-order valence-electron chi connectivity index (χ2n) is 5.06. The first-order valence-corrected chi connectivity index (χ1v) is 6.67. The average Bonchev–Trinajstić information content (AvgIpc) is 2.94. The fraction of sp³-hybridized carbons (Fsp3) is 0.250. The van der Waals surface area contributed by atoms with Crippen molar-refractivity contribution in [2.45, 2.75) is 19.9 Å². The van der Waals surface area contributed by atoms with Gasteiger partial charge in [0, 0.05) is 5.56 Å². The van der Waals surface area contributed by atoms with E-state index in [1.54, 1.807) is 19.9 Å². The first-order valence-electron chi connectivity index (χ1n) is 6.67. The Morgan fingerprint density at radius 1 is 1.14 bits per heavy atom. The Balaban J connectivity index is 2.25. The van der Waals surface area contributed by atoms with Gasteiger partial charge in [-0.25, -0.2) is 4.79 Å². The number of furan rings is 1. The molecule has 0 saturated heterocycles. The van der Waals surface area contributed by atoms with Crippen LogP contribution < -0.4 is 5.32 Å². The molecule has 0 spiro atoms. The van der Waals surface area contributed by atoms with Crippen LogP contribution in [0.2, 0.25) is 0 Å². The summed E-state index contributed by atoms with van der Waals surface area (Å²) in [5, 5.41) is 11.6. The largest absolute Gasteiger partial charge is 0.480 e. The molecule has 1 aromatic heterocycles. The highest BCUT2D eigenvalue weighted by Gasteiger charge is 2.26. The van der Waals surface area contributed by atoms with Crippen LogP contribution in [-0.2, 0) is 4.79 Å². The van der Waals surface area contributed by atoms with Gasteiger partial charge >= 0.3 is 5.97 Å². The minimum Gasteiger partial charge on any atom is -0.480 e. The van der Waals surface area contributed by atoms with Crippen LogP contribution in [0.3, 0.4) is 0 Å². The molecule has 2 N–H and O–H groups in total. The molecule has 1 atom stereocenters. The number of carboxylic acid groups (broad SMARTS) is 1. The monoisotopic (exact) mass is 287 g/mol. The van der Waals surface area contributed by atoms with Gasteiger partial charge in [0.15, 0.2) is 5.76 Å². The molecule has 21 heavy (non-hydrogen) atoms. The molecule has 2 rings (SSSR count). The molecule has 0 aliphatic rings. The maximum Gasteiger partial charge on any atom is 0.326 e. The van der Waals surface area contributed by atoms with E-state index in [0.29, 0.717) is 5.56 Å². The van der Waals surface area contributed by atoms with Gasteiger partial charge in [0.25, 0.3) is 5.91 Å². The SMILES string of the molecule is CC(C)[C@@H](NC(=O)c1occc1-c1ccccc1)C(=O)O. The summed E-state index contributed by atoms with van der Waals surface area (Å²) in [5.74, 6) is -1.69. The van der Waals surface area contributed by atoms with Gasteiger partial charge in [0.05, 0.1) is 6.26 Å². The minimum atomic E-state index is -1.06. The molecule has 5 heteroatoms. The smallest absolute Gasteiger partial charge is 0.326 e. The number of hydrogen-bond acceptors (Lipinski definition) is 3. The third-order valence-corrected chi connectivity index (χ3v) is 3.18. The van der Waals surface area contributed by atoms with Crippen molar-refractivity contribution in [3.63, 3.8) is 0 Å². The van der Waals surface area contributed by atoms with Crippen molar-refractivity contribution in [2.75, 3.05) is 0 Å². The lowest BCUT2D eigenvalue weighted by Crippen LogP contribution is -2.44. The van der Waals surface area contributed by atoms with Gasteiger partial charge in [-0.3, -0.25) is 4.79 Å². The van der Waals surface area contributed by atoms with Gasteiger partial charge in [0.1, 0.15) is 6.04 Å². The molecule has 1 heterocycles. The van der Waals surface area contributed by atoms with Crippen molar-refractivity contribution >= 4 is 11.9 Å². The van der Waals surface area contributed by atoms with Gasteiger partial charge in [-0.2, -0.15) is 0 Å². The number of carbonyl (C=O) groups is 2. The number of carboxylic acids is 1. The van der Waals surface area contributed by atoms with Crippen molar-refractivity contribution in [3.8, 4) is 11.1 Å². The Morgan fingerprint density at radius 3 is 2.38 bits per heavy atom. The number of carbonyl (C=O) groups excluding carboxylic acids is 1. The lowest BCUT2D eigenvalue weighted by atomic mass is 10.0.